The van der Waals surface area contributed by atoms with E-state index < -0.39 is 17.4 Å². The van der Waals surface area contributed by atoms with Crippen molar-refractivity contribution < 1.29 is 14.7 Å². The van der Waals surface area contributed by atoms with Gasteiger partial charge in [-0.2, -0.15) is 0 Å². The Kier molecular flexibility index (Phi) is 4.96. The third-order valence-electron chi connectivity index (χ3n) is 5.62. The molecule has 1 atom stereocenters. The van der Waals surface area contributed by atoms with Gasteiger partial charge in [-0.05, 0) is 30.9 Å². The van der Waals surface area contributed by atoms with Crippen molar-refractivity contribution in [3.8, 4) is 0 Å². The average molecular weight is 355 g/mol. The van der Waals surface area contributed by atoms with Gasteiger partial charge in [0.1, 0.15) is 0 Å². The van der Waals surface area contributed by atoms with Gasteiger partial charge in [0.25, 0.3) is 5.91 Å². The molecule has 1 aromatic rings. The van der Waals surface area contributed by atoms with Gasteiger partial charge in [-0.3, -0.25) is 9.59 Å². The number of amides is 1. The predicted molar refractivity (Wildman–Crippen MR) is 102 cm³/mol. The third-order valence-corrected chi connectivity index (χ3v) is 5.62. The molecule has 4 nitrogen and oxygen atoms in total. The number of ketones is 1. The first-order chi connectivity index (χ1) is 12.2. The molecule has 1 N–H and O–H groups in total. The molecular weight excluding hydrogens is 326 g/mol. The lowest BCUT2D eigenvalue weighted by atomic mass is 9.81. The van der Waals surface area contributed by atoms with Crippen LogP contribution in [0, 0.1) is 12.3 Å². The second kappa shape index (κ2) is 6.90. The summed E-state index contributed by atoms with van der Waals surface area (Å²) in [5, 5.41) is 10.7. The van der Waals surface area contributed by atoms with Crippen molar-refractivity contribution >= 4 is 11.7 Å². The molecule has 140 valence electrons. The van der Waals surface area contributed by atoms with Crippen LogP contribution in [0.25, 0.3) is 0 Å². The molecule has 4 heteroatoms. The topological polar surface area (TPSA) is 57.6 Å². The SMILES string of the molecule is Cc1ccccc1C1C(C(=O)C(C)(C)C)=C(O)C(=O)N1C1CCCCC1. The van der Waals surface area contributed by atoms with Gasteiger partial charge < -0.3 is 10.0 Å². The van der Waals surface area contributed by atoms with Gasteiger partial charge >= 0.3 is 0 Å². The molecule has 1 fully saturated rings. The Morgan fingerprint density at radius 3 is 2.31 bits per heavy atom. The number of hydrogen-bond donors (Lipinski definition) is 1. The maximum Gasteiger partial charge on any atom is 0.290 e. The Bertz CT molecular complexity index is 751. The van der Waals surface area contributed by atoms with Gasteiger partial charge in [-0.15, -0.1) is 0 Å². The van der Waals surface area contributed by atoms with Crippen LogP contribution in [0.5, 0.6) is 0 Å². The highest BCUT2D eigenvalue weighted by molar-refractivity contribution is 6.10. The number of hydrogen-bond acceptors (Lipinski definition) is 3. The zero-order chi connectivity index (χ0) is 19.1. The number of aliphatic hydroxyl groups excluding tert-OH is 1. The van der Waals surface area contributed by atoms with Crippen LogP contribution in [0.2, 0.25) is 0 Å². The Morgan fingerprint density at radius 1 is 1.12 bits per heavy atom. The minimum Gasteiger partial charge on any atom is -0.503 e. The molecule has 1 heterocycles. The van der Waals surface area contributed by atoms with Gasteiger partial charge in [-0.1, -0.05) is 64.3 Å². The molecule has 1 saturated carbocycles. The fourth-order valence-electron chi connectivity index (χ4n) is 4.19. The number of Topliss-reactive ketones (excluding diaryl/α,β-unsaturated/α-hetero) is 1. The maximum absolute atomic E-state index is 13.1. The summed E-state index contributed by atoms with van der Waals surface area (Å²) >= 11 is 0. The van der Waals surface area contributed by atoms with Crippen LogP contribution in [0.1, 0.15) is 70.0 Å². The lowest BCUT2D eigenvalue weighted by molar-refractivity contribution is -0.132. The quantitative estimate of drug-likeness (QED) is 0.859. The standard InChI is InChI=1S/C22H29NO3/c1-14-10-8-9-13-16(14)18-17(20(25)22(2,3)4)19(24)21(26)23(18)15-11-6-5-7-12-15/h8-10,13,15,18,24H,5-7,11-12H2,1-4H3. The number of rotatable bonds is 3. The van der Waals surface area contributed by atoms with E-state index in [0.717, 1.165) is 36.8 Å². The van der Waals surface area contributed by atoms with E-state index in [-0.39, 0.29) is 23.2 Å². The van der Waals surface area contributed by atoms with Crippen molar-refractivity contribution in [2.45, 2.75) is 71.9 Å². The van der Waals surface area contributed by atoms with Crippen molar-refractivity contribution in [1.82, 2.24) is 4.90 Å². The Labute approximate surface area is 155 Å². The molecule has 0 aromatic heterocycles. The highest BCUT2D eigenvalue weighted by Crippen LogP contribution is 2.44. The largest absolute Gasteiger partial charge is 0.503 e. The van der Waals surface area contributed by atoms with E-state index in [1.165, 1.54) is 6.42 Å². The molecule has 1 amide bonds. The van der Waals surface area contributed by atoms with E-state index in [4.69, 9.17) is 0 Å². The molecular formula is C22H29NO3. The summed E-state index contributed by atoms with van der Waals surface area (Å²) in [5.74, 6) is -0.906. The Hall–Kier alpha value is -2.10. The van der Waals surface area contributed by atoms with Crippen molar-refractivity contribution in [1.29, 1.82) is 0 Å². The normalized spacial score (nSPS) is 22.2. The van der Waals surface area contributed by atoms with E-state index in [1.807, 2.05) is 52.0 Å². The number of aliphatic hydroxyl groups is 1. The highest BCUT2D eigenvalue weighted by Gasteiger charge is 2.48. The Morgan fingerprint density at radius 2 is 1.73 bits per heavy atom. The van der Waals surface area contributed by atoms with Crippen LogP contribution < -0.4 is 0 Å². The minimum atomic E-state index is -0.660. The highest BCUT2D eigenvalue weighted by atomic mass is 16.3. The molecule has 1 unspecified atom stereocenters. The summed E-state index contributed by atoms with van der Waals surface area (Å²) < 4.78 is 0. The van der Waals surface area contributed by atoms with Crippen LogP contribution in [0.4, 0.5) is 0 Å². The number of nitrogens with zero attached hydrogens (tertiary/aromatic N) is 1. The molecule has 0 saturated heterocycles. The summed E-state index contributed by atoms with van der Waals surface area (Å²) in [6.45, 7) is 7.49. The van der Waals surface area contributed by atoms with Crippen LogP contribution in [-0.2, 0) is 9.59 Å². The summed E-state index contributed by atoms with van der Waals surface area (Å²) in [6, 6.07) is 7.44. The second-order valence-electron chi connectivity index (χ2n) is 8.60. The van der Waals surface area contributed by atoms with Crippen LogP contribution in [-0.4, -0.2) is 27.7 Å². The van der Waals surface area contributed by atoms with E-state index in [1.54, 1.807) is 4.90 Å². The van der Waals surface area contributed by atoms with E-state index >= 15 is 0 Å². The average Bonchev–Trinajstić information content (AvgIpc) is 2.86. The summed E-state index contributed by atoms with van der Waals surface area (Å²) in [5.41, 5.74) is 1.57. The van der Waals surface area contributed by atoms with Crippen molar-refractivity contribution in [2.75, 3.05) is 0 Å². The summed E-state index contributed by atoms with van der Waals surface area (Å²) in [6.07, 6.45) is 5.20. The molecule has 3 rings (SSSR count). The molecule has 1 aromatic carbocycles. The smallest absolute Gasteiger partial charge is 0.290 e. The molecule has 2 aliphatic rings. The zero-order valence-electron chi connectivity index (χ0n) is 16.2. The first kappa shape index (κ1) is 18.7. The zero-order valence-corrected chi connectivity index (χ0v) is 16.2. The number of carbonyl (C=O) groups excluding carboxylic acids is 2. The monoisotopic (exact) mass is 355 g/mol. The van der Waals surface area contributed by atoms with E-state index in [9.17, 15) is 14.7 Å². The third kappa shape index (κ3) is 3.17. The molecule has 0 spiro atoms. The molecule has 1 aliphatic heterocycles. The maximum atomic E-state index is 13.1. The van der Waals surface area contributed by atoms with Crippen molar-refractivity contribution in [3.63, 3.8) is 0 Å². The molecule has 0 bridgehead atoms. The molecule has 1 aliphatic carbocycles. The first-order valence-electron chi connectivity index (χ1n) is 9.59. The lowest BCUT2D eigenvalue weighted by Crippen LogP contribution is -2.42. The van der Waals surface area contributed by atoms with Crippen molar-refractivity contribution in [3.05, 3.63) is 46.7 Å². The van der Waals surface area contributed by atoms with Gasteiger partial charge in [0.2, 0.25) is 0 Å². The fourth-order valence-corrected chi connectivity index (χ4v) is 4.19. The van der Waals surface area contributed by atoms with Gasteiger partial charge in [-0.25, -0.2) is 0 Å². The number of carbonyl (C=O) groups is 2. The number of benzene rings is 1. The van der Waals surface area contributed by atoms with Crippen LogP contribution in [0.3, 0.4) is 0 Å². The minimum absolute atomic E-state index is 0.0771. The van der Waals surface area contributed by atoms with Crippen LogP contribution in [0.15, 0.2) is 35.6 Å². The summed E-state index contributed by atoms with van der Waals surface area (Å²) in [7, 11) is 0. The first-order valence-corrected chi connectivity index (χ1v) is 9.59. The summed E-state index contributed by atoms with van der Waals surface area (Å²) in [4.78, 5) is 27.9. The van der Waals surface area contributed by atoms with Gasteiger partial charge in [0.05, 0.1) is 11.6 Å². The molecule has 0 radical (unpaired) electrons. The lowest BCUT2D eigenvalue weighted by Gasteiger charge is -2.37. The number of aryl methyl sites for hydroxylation is 1. The van der Waals surface area contributed by atoms with Gasteiger partial charge in [0.15, 0.2) is 11.5 Å². The Balaban J connectivity index is 2.13. The fraction of sp³-hybridized carbons (Fsp3) is 0.545. The van der Waals surface area contributed by atoms with Gasteiger partial charge in [0, 0.05) is 11.5 Å². The van der Waals surface area contributed by atoms with Crippen LogP contribution >= 0.6 is 0 Å². The molecule has 26 heavy (non-hydrogen) atoms. The second-order valence-corrected chi connectivity index (χ2v) is 8.60. The predicted octanol–water partition coefficient (Wildman–Crippen LogP) is 4.64. The van der Waals surface area contributed by atoms with Crippen molar-refractivity contribution in [2.24, 2.45) is 5.41 Å². The van der Waals surface area contributed by atoms with E-state index in [2.05, 4.69) is 0 Å². The van der Waals surface area contributed by atoms with E-state index in [0.29, 0.717) is 0 Å².